The SMILES string of the molecule is Cc1noc(C2CCCN2C(=O)CCc2ccccc2)n1. The summed E-state index contributed by atoms with van der Waals surface area (Å²) in [5, 5.41) is 3.82. The molecule has 1 aliphatic heterocycles. The van der Waals surface area contributed by atoms with Gasteiger partial charge in [0.25, 0.3) is 0 Å². The van der Waals surface area contributed by atoms with Gasteiger partial charge in [-0.25, -0.2) is 0 Å². The maximum Gasteiger partial charge on any atom is 0.249 e. The van der Waals surface area contributed by atoms with Crippen LogP contribution in [0.2, 0.25) is 0 Å². The highest BCUT2D eigenvalue weighted by atomic mass is 16.5. The predicted octanol–water partition coefficient (Wildman–Crippen LogP) is 2.67. The molecule has 5 heteroatoms. The van der Waals surface area contributed by atoms with Crippen LogP contribution in [0.1, 0.15) is 42.6 Å². The standard InChI is InChI=1S/C16H19N3O2/c1-12-17-16(21-18-12)14-8-5-11-19(14)15(20)10-9-13-6-3-2-4-7-13/h2-4,6-7,14H,5,8-11H2,1H3. The Labute approximate surface area is 124 Å². The molecule has 1 saturated heterocycles. The molecule has 1 aliphatic rings. The largest absolute Gasteiger partial charge is 0.337 e. The van der Waals surface area contributed by atoms with Crippen molar-refractivity contribution in [3.05, 3.63) is 47.6 Å². The summed E-state index contributed by atoms with van der Waals surface area (Å²) in [6, 6.07) is 10.0. The number of likely N-dealkylation sites (tertiary alicyclic amines) is 1. The van der Waals surface area contributed by atoms with Crippen LogP contribution in [0.3, 0.4) is 0 Å². The second kappa shape index (κ2) is 6.08. The van der Waals surface area contributed by atoms with Crippen molar-refractivity contribution in [3.8, 4) is 0 Å². The lowest BCUT2D eigenvalue weighted by atomic mass is 10.1. The van der Waals surface area contributed by atoms with Crippen LogP contribution in [0, 0.1) is 6.92 Å². The summed E-state index contributed by atoms with van der Waals surface area (Å²) in [7, 11) is 0. The fourth-order valence-electron chi connectivity index (χ4n) is 2.81. The van der Waals surface area contributed by atoms with Gasteiger partial charge in [-0.1, -0.05) is 35.5 Å². The first kappa shape index (κ1) is 13.8. The highest BCUT2D eigenvalue weighted by Crippen LogP contribution is 2.31. The summed E-state index contributed by atoms with van der Waals surface area (Å²) in [4.78, 5) is 18.6. The third-order valence-electron chi connectivity index (χ3n) is 3.87. The van der Waals surface area contributed by atoms with Crippen LogP contribution in [0.15, 0.2) is 34.9 Å². The van der Waals surface area contributed by atoms with E-state index in [4.69, 9.17) is 4.52 Å². The quantitative estimate of drug-likeness (QED) is 0.866. The summed E-state index contributed by atoms with van der Waals surface area (Å²) in [5.74, 6) is 1.35. The first-order chi connectivity index (χ1) is 10.2. The van der Waals surface area contributed by atoms with E-state index in [1.54, 1.807) is 6.92 Å². The topological polar surface area (TPSA) is 59.2 Å². The van der Waals surface area contributed by atoms with Gasteiger partial charge in [0.1, 0.15) is 6.04 Å². The molecule has 0 saturated carbocycles. The first-order valence-corrected chi connectivity index (χ1v) is 7.37. The van der Waals surface area contributed by atoms with Crippen molar-refractivity contribution in [2.75, 3.05) is 6.54 Å². The number of benzene rings is 1. The molecule has 0 radical (unpaired) electrons. The van der Waals surface area contributed by atoms with Crippen molar-refractivity contribution in [2.45, 2.75) is 38.6 Å². The van der Waals surface area contributed by atoms with Crippen LogP contribution < -0.4 is 0 Å². The van der Waals surface area contributed by atoms with Crippen LogP contribution in [0.4, 0.5) is 0 Å². The number of amides is 1. The number of carbonyl (C=O) groups excluding carboxylic acids is 1. The normalized spacial score (nSPS) is 18.1. The molecule has 21 heavy (non-hydrogen) atoms. The van der Waals surface area contributed by atoms with Gasteiger partial charge in [-0.05, 0) is 31.7 Å². The number of nitrogens with zero attached hydrogens (tertiary/aromatic N) is 3. The maximum atomic E-state index is 12.4. The van der Waals surface area contributed by atoms with E-state index >= 15 is 0 Å². The van der Waals surface area contributed by atoms with E-state index in [1.165, 1.54) is 5.56 Å². The minimum Gasteiger partial charge on any atom is -0.337 e. The smallest absolute Gasteiger partial charge is 0.249 e. The number of carbonyl (C=O) groups is 1. The van der Waals surface area contributed by atoms with Crippen LogP contribution >= 0.6 is 0 Å². The van der Waals surface area contributed by atoms with Crippen LogP contribution in [0.5, 0.6) is 0 Å². The summed E-state index contributed by atoms with van der Waals surface area (Å²) in [6.07, 6.45) is 3.18. The Hall–Kier alpha value is -2.17. The molecule has 5 nitrogen and oxygen atoms in total. The fourth-order valence-corrected chi connectivity index (χ4v) is 2.81. The molecule has 0 bridgehead atoms. The average molecular weight is 285 g/mol. The van der Waals surface area contributed by atoms with Gasteiger partial charge in [-0.3, -0.25) is 4.79 Å². The van der Waals surface area contributed by atoms with E-state index in [1.807, 2.05) is 23.1 Å². The third kappa shape index (κ3) is 3.12. The molecule has 1 aromatic carbocycles. The van der Waals surface area contributed by atoms with Gasteiger partial charge in [0.05, 0.1) is 0 Å². The van der Waals surface area contributed by atoms with E-state index in [-0.39, 0.29) is 11.9 Å². The monoisotopic (exact) mass is 285 g/mol. The minimum atomic E-state index is -0.0468. The van der Waals surface area contributed by atoms with Gasteiger partial charge in [-0.15, -0.1) is 0 Å². The zero-order valence-corrected chi connectivity index (χ0v) is 12.2. The molecule has 2 heterocycles. The Morgan fingerprint density at radius 1 is 1.38 bits per heavy atom. The van der Waals surface area contributed by atoms with Crippen LogP contribution in [-0.2, 0) is 11.2 Å². The predicted molar refractivity (Wildman–Crippen MR) is 77.5 cm³/mol. The molecular weight excluding hydrogens is 266 g/mol. The number of aryl methyl sites for hydroxylation is 2. The number of aromatic nitrogens is 2. The summed E-state index contributed by atoms with van der Waals surface area (Å²) < 4.78 is 5.24. The average Bonchev–Trinajstić information content (AvgIpc) is 3.14. The summed E-state index contributed by atoms with van der Waals surface area (Å²) >= 11 is 0. The molecule has 0 spiro atoms. The Morgan fingerprint density at radius 2 is 2.19 bits per heavy atom. The summed E-state index contributed by atoms with van der Waals surface area (Å²) in [6.45, 7) is 2.57. The lowest BCUT2D eigenvalue weighted by molar-refractivity contribution is -0.132. The van der Waals surface area contributed by atoms with Gasteiger partial charge in [0.2, 0.25) is 11.8 Å². The van der Waals surface area contributed by atoms with Crippen molar-refractivity contribution in [1.82, 2.24) is 15.0 Å². The lowest BCUT2D eigenvalue weighted by Crippen LogP contribution is -2.30. The van der Waals surface area contributed by atoms with Gasteiger partial charge in [0, 0.05) is 13.0 Å². The Kier molecular flexibility index (Phi) is 3.99. The van der Waals surface area contributed by atoms with Gasteiger partial charge >= 0.3 is 0 Å². The Bertz CT molecular complexity index is 609. The number of hydrogen-bond donors (Lipinski definition) is 0. The van der Waals surface area contributed by atoms with Crippen LogP contribution in [0.25, 0.3) is 0 Å². The second-order valence-electron chi connectivity index (χ2n) is 5.41. The van der Waals surface area contributed by atoms with Gasteiger partial charge in [0.15, 0.2) is 5.82 Å². The zero-order chi connectivity index (χ0) is 14.7. The van der Waals surface area contributed by atoms with Crippen molar-refractivity contribution >= 4 is 5.91 Å². The van der Waals surface area contributed by atoms with Crippen molar-refractivity contribution in [2.24, 2.45) is 0 Å². The molecule has 1 fully saturated rings. The molecule has 1 aromatic heterocycles. The molecule has 1 amide bonds. The van der Waals surface area contributed by atoms with E-state index in [2.05, 4.69) is 22.3 Å². The van der Waals surface area contributed by atoms with Gasteiger partial charge in [-0.2, -0.15) is 4.98 Å². The van der Waals surface area contributed by atoms with E-state index in [0.29, 0.717) is 18.1 Å². The van der Waals surface area contributed by atoms with Crippen molar-refractivity contribution < 1.29 is 9.32 Å². The molecule has 110 valence electrons. The molecule has 2 aromatic rings. The first-order valence-electron chi connectivity index (χ1n) is 7.37. The Morgan fingerprint density at radius 3 is 2.90 bits per heavy atom. The summed E-state index contributed by atoms with van der Waals surface area (Å²) in [5.41, 5.74) is 1.19. The minimum absolute atomic E-state index is 0.0468. The molecule has 1 atom stereocenters. The van der Waals surface area contributed by atoms with Crippen molar-refractivity contribution in [1.29, 1.82) is 0 Å². The molecule has 1 unspecified atom stereocenters. The molecular formula is C16H19N3O2. The highest BCUT2D eigenvalue weighted by molar-refractivity contribution is 5.77. The fraction of sp³-hybridized carbons (Fsp3) is 0.438. The van der Waals surface area contributed by atoms with E-state index in [9.17, 15) is 4.79 Å². The third-order valence-corrected chi connectivity index (χ3v) is 3.87. The lowest BCUT2D eigenvalue weighted by Gasteiger charge is -2.21. The zero-order valence-electron chi connectivity index (χ0n) is 12.2. The number of rotatable bonds is 4. The van der Waals surface area contributed by atoms with E-state index in [0.717, 1.165) is 25.8 Å². The second-order valence-corrected chi connectivity index (χ2v) is 5.41. The molecule has 0 N–H and O–H groups in total. The molecule has 0 aliphatic carbocycles. The van der Waals surface area contributed by atoms with Crippen molar-refractivity contribution in [3.63, 3.8) is 0 Å². The van der Waals surface area contributed by atoms with Crippen LogP contribution in [-0.4, -0.2) is 27.5 Å². The molecule has 3 rings (SSSR count). The number of hydrogen-bond acceptors (Lipinski definition) is 4. The van der Waals surface area contributed by atoms with Gasteiger partial charge < -0.3 is 9.42 Å². The maximum absolute atomic E-state index is 12.4. The highest BCUT2D eigenvalue weighted by Gasteiger charge is 2.33. The Balaban J connectivity index is 1.63. The van der Waals surface area contributed by atoms with E-state index < -0.39 is 0 Å².